The molecule has 7 nitrogen and oxygen atoms in total. The summed E-state index contributed by atoms with van der Waals surface area (Å²) in [5.41, 5.74) is 4.94. The maximum absolute atomic E-state index is 12.5. The van der Waals surface area contributed by atoms with Gasteiger partial charge >= 0.3 is 5.97 Å². The molecule has 0 amide bonds. The Morgan fingerprint density at radius 3 is 2.24 bits per heavy atom. The van der Waals surface area contributed by atoms with Crippen molar-refractivity contribution in [3.63, 3.8) is 0 Å². The molecule has 146 valence electrons. The van der Waals surface area contributed by atoms with Gasteiger partial charge in [-0.15, -0.1) is 10.2 Å². The van der Waals surface area contributed by atoms with Crippen molar-refractivity contribution < 1.29 is 13.9 Å². The van der Waals surface area contributed by atoms with Crippen LogP contribution in [-0.4, -0.2) is 26.4 Å². The summed E-state index contributed by atoms with van der Waals surface area (Å²) in [7, 11) is 0. The Morgan fingerprint density at radius 1 is 0.966 bits per heavy atom. The van der Waals surface area contributed by atoms with Crippen LogP contribution in [0.4, 0.5) is 0 Å². The number of ether oxygens (including phenoxy) is 1. The van der Waals surface area contributed by atoms with Gasteiger partial charge in [-0.3, -0.25) is 5.10 Å². The molecule has 1 unspecified atom stereocenters. The highest BCUT2D eigenvalue weighted by atomic mass is 16.6. The van der Waals surface area contributed by atoms with Crippen molar-refractivity contribution >= 4 is 5.97 Å². The van der Waals surface area contributed by atoms with Crippen molar-refractivity contribution in [2.75, 3.05) is 0 Å². The summed E-state index contributed by atoms with van der Waals surface area (Å²) in [6.45, 7) is 5.70. The summed E-state index contributed by atoms with van der Waals surface area (Å²) in [6.07, 6.45) is -0.694. The number of esters is 1. The van der Waals surface area contributed by atoms with Gasteiger partial charge in [-0.05, 0) is 39.0 Å². The number of hydrogen-bond donors (Lipinski definition) is 1. The molecule has 0 radical (unpaired) electrons. The van der Waals surface area contributed by atoms with Crippen LogP contribution in [0.5, 0.6) is 0 Å². The zero-order chi connectivity index (χ0) is 20.4. The van der Waals surface area contributed by atoms with E-state index in [-0.39, 0.29) is 11.6 Å². The number of carbonyl (C=O) groups excluding carboxylic acids is 1. The van der Waals surface area contributed by atoms with Crippen molar-refractivity contribution in [1.29, 1.82) is 0 Å². The van der Waals surface area contributed by atoms with Gasteiger partial charge in [-0.2, -0.15) is 5.10 Å². The van der Waals surface area contributed by atoms with Crippen LogP contribution in [0.3, 0.4) is 0 Å². The number of benzene rings is 2. The zero-order valence-electron chi connectivity index (χ0n) is 16.3. The third-order valence-electron chi connectivity index (χ3n) is 4.52. The van der Waals surface area contributed by atoms with Crippen LogP contribution in [0.2, 0.25) is 0 Å². The molecule has 4 aromatic rings. The molecule has 0 aliphatic carbocycles. The van der Waals surface area contributed by atoms with E-state index < -0.39 is 12.1 Å². The molecule has 1 N–H and O–H groups in total. The molecule has 1 atom stereocenters. The van der Waals surface area contributed by atoms with Crippen LogP contribution in [-0.2, 0) is 4.74 Å². The first-order chi connectivity index (χ1) is 14.0. The summed E-state index contributed by atoms with van der Waals surface area (Å²) in [5.74, 6) is 0.0664. The largest absolute Gasteiger partial charge is 0.448 e. The Balaban J connectivity index is 1.45. The molecule has 29 heavy (non-hydrogen) atoms. The third-order valence-corrected chi connectivity index (χ3v) is 4.52. The quantitative estimate of drug-likeness (QED) is 0.500. The van der Waals surface area contributed by atoms with Gasteiger partial charge in [0.05, 0.1) is 5.69 Å². The van der Waals surface area contributed by atoms with Gasteiger partial charge in [0.25, 0.3) is 5.89 Å². The molecule has 2 aromatic carbocycles. The molecule has 0 aliphatic heterocycles. The van der Waals surface area contributed by atoms with Crippen LogP contribution in [0.15, 0.2) is 59.0 Å². The predicted octanol–water partition coefficient (Wildman–Crippen LogP) is 4.66. The van der Waals surface area contributed by atoms with E-state index in [1.54, 1.807) is 13.0 Å². The fourth-order valence-corrected chi connectivity index (χ4v) is 2.78. The van der Waals surface area contributed by atoms with Gasteiger partial charge in [-0.1, -0.05) is 47.5 Å². The summed E-state index contributed by atoms with van der Waals surface area (Å²) in [5, 5.41) is 15.0. The van der Waals surface area contributed by atoms with E-state index in [0.717, 1.165) is 22.3 Å². The van der Waals surface area contributed by atoms with E-state index >= 15 is 0 Å². The normalized spacial score (nSPS) is 12.0. The smallest absolute Gasteiger partial charge is 0.357 e. The molecule has 0 saturated heterocycles. The number of carbonyl (C=O) groups is 1. The van der Waals surface area contributed by atoms with Crippen molar-refractivity contribution in [2.24, 2.45) is 0 Å². The Kier molecular flexibility index (Phi) is 4.95. The Bertz CT molecular complexity index is 1130. The molecule has 4 rings (SSSR count). The van der Waals surface area contributed by atoms with Gasteiger partial charge in [0.15, 0.2) is 6.10 Å². The molecular weight excluding hydrogens is 368 g/mol. The molecule has 2 heterocycles. The summed E-state index contributed by atoms with van der Waals surface area (Å²) in [6, 6.07) is 17.3. The molecule has 0 fully saturated rings. The van der Waals surface area contributed by atoms with Gasteiger partial charge in [0.1, 0.15) is 5.69 Å². The Hall–Kier alpha value is -3.74. The van der Waals surface area contributed by atoms with Gasteiger partial charge in [0.2, 0.25) is 5.89 Å². The standard InChI is InChI=1S/C22H20N4O3/c1-13-4-8-16(9-5-13)18-12-19(24-23-18)22(27)28-15(3)20-25-26-21(29-20)17-10-6-14(2)7-11-17/h4-12,15H,1-3H3,(H,23,24). The number of nitrogens with one attached hydrogen (secondary N) is 1. The third kappa shape index (κ3) is 4.08. The van der Waals surface area contributed by atoms with Crippen LogP contribution in [0, 0.1) is 13.8 Å². The minimum atomic E-state index is -0.694. The minimum absolute atomic E-state index is 0.229. The van der Waals surface area contributed by atoms with Crippen molar-refractivity contribution in [2.45, 2.75) is 26.9 Å². The Labute approximate surface area is 167 Å². The number of H-pyrrole nitrogens is 1. The number of aromatic amines is 1. The second-order valence-electron chi connectivity index (χ2n) is 6.89. The monoisotopic (exact) mass is 388 g/mol. The molecule has 0 bridgehead atoms. The summed E-state index contributed by atoms with van der Waals surface area (Å²) in [4.78, 5) is 12.5. The van der Waals surface area contributed by atoms with Crippen molar-refractivity contribution in [3.05, 3.63) is 77.3 Å². The van der Waals surface area contributed by atoms with Gasteiger partial charge in [0, 0.05) is 11.1 Å². The highest BCUT2D eigenvalue weighted by molar-refractivity contribution is 5.88. The van der Waals surface area contributed by atoms with Crippen LogP contribution < -0.4 is 0 Å². The number of hydrogen-bond acceptors (Lipinski definition) is 6. The van der Waals surface area contributed by atoms with Crippen LogP contribution in [0.25, 0.3) is 22.7 Å². The summed E-state index contributed by atoms with van der Waals surface area (Å²) < 4.78 is 11.1. The molecule has 2 aromatic heterocycles. The molecule has 0 aliphatic rings. The molecule has 0 spiro atoms. The second kappa shape index (κ2) is 7.71. The van der Waals surface area contributed by atoms with E-state index in [9.17, 15) is 4.79 Å². The Morgan fingerprint density at radius 2 is 1.59 bits per heavy atom. The van der Waals surface area contributed by atoms with Gasteiger partial charge < -0.3 is 9.15 Å². The maximum atomic E-state index is 12.5. The lowest BCUT2D eigenvalue weighted by molar-refractivity contribution is 0.0273. The lowest BCUT2D eigenvalue weighted by Crippen LogP contribution is -2.10. The first kappa shape index (κ1) is 18.6. The highest BCUT2D eigenvalue weighted by Crippen LogP contribution is 2.24. The average Bonchev–Trinajstić information content (AvgIpc) is 3.39. The SMILES string of the molecule is Cc1ccc(-c2cc(C(=O)OC(C)c3nnc(-c4ccc(C)cc4)o3)[nH]n2)cc1. The number of aryl methyl sites for hydroxylation is 2. The minimum Gasteiger partial charge on any atom is -0.448 e. The van der Waals surface area contributed by atoms with Crippen LogP contribution in [0.1, 0.15) is 40.5 Å². The lowest BCUT2D eigenvalue weighted by Gasteiger charge is -2.07. The van der Waals surface area contributed by atoms with E-state index in [1.807, 2.05) is 62.4 Å². The molecule has 0 saturated carbocycles. The number of rotatable bonds is 5. The first-order valence-corrected chi connectivity index (χ1v) is 9.23. The number of nitrogens with zero attached hydrogens (tertiary/aromatic N) is 3. The fraction of sp³-hybridized carbons (Fsp3) is 0.182. The second-order valence-corrected chi connectivity index (χ2v) is 6.89. The highest BCUT2D eigenvalue weighted by Gasteiger charge is 2.21. The zero-order valence-corrected chi connectivity index (χ0v) is 16.3. The first-order valence-electron chi connectivity index (χ1n) is 9.23. The van der Waals surface area contributed by atoms with E-state index in [0.29, 0.717) is 11.6 Å². The van der Waals surface area contributed by atoms with E-state index in [4.69, 9.17) is 9.15 Å². The fourth-order valence-electron chi connectivity index (χ4n) is 2.78. The number of aromatic nitrogens is 4. The van der Waals surface area contributed by atoms with Crippen molar-refractivity contribution in [3.8, 4) is 22.7 Å². The maximum Gasteiger partial charge on any atom is 0.357 e. The molecule has 7 heteroatoms. The summed E-state index contributed by atoms with van der Waals surface area (Å²) >= 11 is 0. The molecular formula is C22H20N4O3. The van der Waals surface area contributed by atoms with Crippen LogP contribution >= 0.6 is 0 Å². The van der Waals surface area contributed by atoms with E-state index in [1.165, 1.54) is 0 Å². The van der Waals surface area contributed by atoms with Crippen molar-refractivity contribution in [1.82, 2.24) is 20.4 Å². The topological polar surface area (TPSA) is 93.9 Å². The lowest BCUT2D eigenvalue weighted by atomic mass is 10.1. The average molecular weight is 388 g/mol. The predicted molar refractivity (Wildman–Crippen MR) is 107 cm³/mol. The van der Waals surface area contributed by atoms with Gasteiger partial charge in [-0.25, -0.2) is 4.79 Å². The van der Waals surface area contributed by atoms with E-state index in [2.05, 4.69) is 20.4 Å².